The molecule has 0 aliphatic carbocycles. The van der Waals surface area contributed by atoms with Crippen LogP contribution in [0.3, 0.4) is 0 Å². The molecular formula is C26H28N4O3. The summed E-state index contributed by atoms with van der Waals surface area (Å²) >= 11 is 0. The Kier molecular flexibility index (Phi) is 6.31. The molecule has 2 aromatic heterocycles. The van der Waals surface area contributed by atoms with Gasteiger partial charge >= 0.3 is 0 Å². The van der Waals surface area contributed by atoms with Crippen LogP contribution in [0.25, 0.3) is 22.2 Å². The predicted molar refractivity (Wildman–Crippen MR) is 129 cm³/mol. The molecule has 4 aromatic rings. The second-order valence-corrected chi connectivity index (χ2v) is 8.33. The van der Waals surface area contributed by atoms with Crippen molar-refractivity contribution in [3.8, 4) is 17.0 Å². The van der Waals surface area contributed by atoms with Crippen LogP contribution in [0.4, 0.5) is 5.82 Å². The number of likely N-dealkylation sites (N-methyl/N-ethyl adjacent to an activating group) is 1. The van der Waals surface area contributed by atoms with Crippen LogP contribution < -0.4 is 10.1 Å². The van der Waals surface area contributed by atoms with Gasteiger partial charge < -0.3 is 19.4 Å². The van der Waals surface area contributed by atoms with Crippen molar-refractivity contribution in [3.63, 3.8) is 0 Å². The molecule has 33 heavy (non-hydrogen) atoms. The number of rotatable bonds is 7. The molecule has 2 aromatic carbocycles. The monoisotopic (exact) mass is 444 g/mol. The Morgan fingerprint density at radius 3 is 2.73 bits per heavy atom. The average molecular weight is 445 g/mol. The summed E-state index contributed by atoms with van der Waals surface area (Å²) in [6.45, 7) is 5.98. The summed E-state index contributed by atoms with van der Waals surface area (Å²) in [4.78, 5) is 22.5. The molecule has 0 aliphatic rings. The van der Waals surface area contributed by atoms with Gasteiger partial charge in [0.15, 0.2) is 6.61 Å². The number of anilines is 1. The van der Waals surface area contributed by atoms with E-state index in [2.05, 4.69) is 28.3 Å². The van der Waals surface area contributed by atoms with E-state index in [0.717, 1.165) is 39.2 Å². The van der Waals surface area contributed by atoms with Crippen molar-refractivity contribution in [2.45, 2.75) is 26.8 Å². The maximum atomic E-state index is 11.8. The van der Waals surface area contributed by atoms with Crippen LogP contribution in [0, 0.1) is 13.8 Å². The number of ether oxygens (including phenoxy) is 1. The molecule has 0 spiro atoms. The molecule has 1 N–H and O–H groups in total. The van der Waals surface area contributed by atoms with Gasteiger partial charge in [0.1, 0.15) is 23.0 Å². The molecule has 0 bridgehead atoms. The van der Waals surface area contributed by atoms with E-state index in [1.807, 2.05) is 56.3 Å². The standard InChI is InChI=1S/C26H28N4O3/c1-16-14-33-24-10-9-20(12-22(16)24)23-13-25(29-18(3)28-23)27-17(2)19-7-6-8-21(11-19)32-15-26(31)30(4)5/h6-14,17H,15H2,1-5H3,(H,27,28,29)/t17-/m0/s1. The quantitative estimate of drug-likeness (QED) is 0.425. The normalized spacial score (nSPS) is 11.9. The molecule has 0 saturated heterocycles. The Balaban J connectivity index is 1.53. The fraction of sp³-hybridized carbons (Fsp3) is 0.269. The zero-order valence-corrected chi connectivity index (χ0v) is 19.5. The summed E-state index contributed by atoms with van der Waals surface area (Å²) in [5.41, 5.74) is 4.84. The van der Waals surface area contributed by atoms with E-state index in [9.17, 15) is 4.79 Å². The number of benzene rings is 2. The van der Waals surface area contributed by atoms with E-state index >= 15 is 0 Å². The van der Waals surface area contributed by atoms with Crippen molar-refractivity contribution in [3.05, 3.63) is 71.7 Å². The summed E-state index contributed by atoms with van der Waals surface area (Å²) < 4.78 is 11.2. The number of aromatic nitrogens is 2. The first kappa shape index (κ1) is 22.3. The molecule has 170 valence electrons. The minimum atomic E-state index is -0.0839. The lowest BCUT2D eigenvalue weighted by atomic mass is 10.1. The summed E-state index contributed by atoms with van der Waals surface area (Å²) in [6.07, 6.45) is 1.77. The van der Waals surface area contributed by atoms with Gasteiger partial charge in [0.25, 0.3) is 5.91 Å². The Morgan fingerprint density at radius 1 is 1.12 bits per heavy atom. The first-order chi connectivity index (χ1) is 15.8. The van der Waals surface area contributed by atoms with Gasteiger partial charge in [-0.2, -0.15) is 0 Å². The van der Waals surface area contributed by atoms with Gasteiger partial charge in [0, 0.05) is 31.1 Å². The lowest BCUT2D eigenvalue weighted by molar-refractivity contribution is -0.130. The molecule has 0 radical (unpaired) electrons. The average Bonchev–Trinajstić information content (AvgIpc) is 3.17. The van der Waals surface area contributed by atoms with Crippen molar-refractivity contribution in [2.75, 3.05) is 26.0 Å². The number of furan rings is 1. The zero-order valence-electron chi connectivity index (χ0n) is 19.5. The molecule has 0 fully saturated rings. The number of carbonyl (C=O) groups is 1. The second kappa shape index (κ2) is 9.32. The number of aryl methyl sites for hydroxylation is 2. The number of nitrogens with one attached hydrogen (secondary N) is 1. The smallest absolute Gasteiger partial charge is 0.259 e. The number of fused-ring (bicyclic) bond motifs is 1. The Bertz CT molecular complexity index is 1300. The van der Waals surface area contributed by atoms with Crippen LogP contribution in [0.15, 0.2) is 59.2 Å². The lowest BCUT2D eigenvalue weighted by Gasteiger charge is -2.17. The number of hydrogen-bond donors (Lipinski definition) is 1. The Labute approximate surface area is 193 Å². The van der Waals surface area contributed by atoms with Crippen molar-refractivity contribution < 1.29 is 13.9 Å². The Morgan fingerprint density at radius 2 is 1.94 bits per heavy atom. The topological polar surface area (TPSA) is 80.5 Å². The van der Waals surface area contributed by atoms with Gasteiger partial charge in [0.2, 0.25) is 0 Å². The van der Waals surface area contributed by atoms with Crippen LogP contribution in [0.5, 0.6) is 5.75 Å². The van der Waals surface area contributed by atoms with Crippen LogP contribution in [-0.2, 0) is 4.79 Å². The van der Waals surface area contributed by atoms with Gasteiger partial charge in [-0.25, -0.2) is 9.97 Å². The maximum Gasteiger partial charge on any atom is 0.259 e. The van der Waals surface area contributed by atoms with Crippen molar-refractivity contribution in [2.24, 2.45) is 0 Å². The van der Waals surface area contributed by atoms with Crippen LogP contribution in [0.1, 0.15) is 29.9 Å². The van der Waals surface area contributed by atoms with Crippen molar-refractivity contribution >= 4 is 22.7 Å². The fourth-order valence-electron chi connectivity index (χ4n) is 3.56. The minimum absolute atomic E-state index is 0.00715. The van der Waals surface area contributed by atoms with Crippen LogP contribution in [0.2, 0.25) is 0 Å². The molecular weight excluding hydrogens is 416 g/mol. The number of nitrogens with zero attached hydrogens (tertiary/aromatic N) is 3. The highest BCUT2D eigenvalue weighted by atomic mass is 16.5. The van der Waals surface area contributed by atoms with Gasteiger partial charge in [0.05, 0.1) is 18.0 Å². The maximum absolute atomic E-state index is 11.8. The van der Waals surface area contributed by atoms with Gasteiger partial charge in [-0.3, -0.25) is 4.79 Å². The molecule has 0 saturated carbocycles. The van der Waals surface area contributed by atoms with E-state index in [-0.39, 0.29) is 18.6 Å². The molecule has 1 atom stereocenters. The third-order valence-electron chi connectivity index (χ3n) is 5.48. The summed E-state index contributed by atoms with van der Waals surface area (Å²) in [6, 6.07) is 15.7. The zero-order chi connectivity index (χ0) is 23.5. The summed E-state index contributed by atoms with van der Waals surface area (Å²) in [7, 11) is 3.42. The molecule has 0 unspecified atom stereocenters. The lowest BCUT2D eigenvalue weighted by Crippen LogP contribution is -2.27. The van der Waals surface area contributed by atoms with Gasteiger partial charge in [-0.05, 0) is 62.2 Å². The third kappa shape index (κ3) is 5.14. The number of hydrogen-bond acceptors (Lipinski definition) is 6. The predicted octanol–water partition coefficient (Wildman–Crippen LogP) is 5.15. The van der Waals surface area contributed by atoms with Crippen molar-refractivity contribution in [1.82, 2.24) is 14.9 Å². The largest absolute Gasteiger partial charge is 0.484 e. The highest BCUT2D eigenvalue weighted by Gasteiger charge is 2.12. The second-order valence-electron chi connectivity index (χ2n) is 8.33. The van der Waals surface area contributed by atoms with Crippen LogP contribution >= 0.6 is 0 Å². The Hall–Kier alpha value is -3.87. The van der Waals surface area contributed by atoms with Gasteiger partial charge in [-0.15, -0.1) is 0 Å². The number of carbonyl (C=O) groups excluding carboxylic acids is 1. The molecule has 2 heterocycles. The summed E-state index contributed by atoms with van der Waals surface area (Å²) in [5.74, 6) is 1.99. The highest BCUT2D eigenvalue weighted by molar-refractivity contribution is 5.85. The molecule has 7 heteroatoms. The van der Waals surface area contributed by atoms with Crippen molar-refractivity contribution in [1.29, 1.82) is 0 Å². The van der Waals surface area contributed by atoms with Gasteiger partial charge in [-0.1, -0.05) is 12.1 Å². The molecule has 7 nitrogen and oxygen atoms in total. The first-order valence-corrected chi connectivity index (χ1v) is 10.8. The van der Waals surface area contributed by atoms with E-state index in [4.69, 9.17) is 9.15 Å². The van der Waals surface area contributed by atoms with E-state index < -0.39 is 0 Å². The highest BCUT2D eigenvalue weighted by Crippen LogP contribution is 2.29. The fourth-order valence-corrected chi connectivity index (χ4v) is 3.56. The van der Waals surface area contributed by atoms with E-state index in [0.29, 0.717) is 11.6 Å². The SMILES string of the molecule is Cc1nc(N[C@@H](C)c2cccc(OCC(=O)N(C)C)c2)cc(-c2ccc3occ(C)c3c2)n1. The van der Waals surface area contributed by atoms with E-state index in [1.54, 1.807) is 20.4 Å². The van der Waals surface area contributed by atoms with Crippen LogP contribution in [-0.4, -0.2) is 41.5 Å². The number of amides is 1. The van der Waals surface area contributed by atoms with E-state index in [1.165, 1.54) is 4.90 Å². The molecule has 4 rings (SSSR count). The molecule has 1 amide bonds. The third-order valence-corrected chi connectivity index (χ3v) is 5.48. The first-order valence-electron chi connectivity index (χ1n) is 10.8. The molecule has 0 aliphatic heterocycles. The minimum Gasteiger partial charge on any atom is -0.484 e. The summed E-state index contributed by atoms with van der Waals surface area (Å²) in [5, 5.41) is 4.54.